The van der Waals surface area contributed by atoms with Gasteiger partial charge in [0.15, 0.2) is 0 Å². The van der Waals surface area contributed by atoms with Crippen molar-refractivity contribution < 1.29 is 0 Å². The van der Waals surface area contributed by atoms with Crippen molar-refractivity contribution >= 4 is 5.57 Å². The molecular formula is C22H30N2. The van der Waals surface area contributed by atoms with Crippen molar-refractivity contribution in [3.05, 3.63) is 41.0 Å². The minimum Gasteiger partial charge on any atom is -0.193 e. The lowest BCUT2D eigenvalue weighted by atomic mass is 9.92. The second-order valence-corrected chi connectivity index (χ2v) is 6.41. The third-order valence-electron chi connectivity index (χ3n) is 4.41. The molecule has 1 aromatic rings. The Morgan fingerprint density at radius 3 is 2.17 bits per heavy atom. The van der Waals surface area contributed by atoms with Gasteiger partial charge in [-0.3, -0.25) is 0 Å². The minimum absolute atomic E-state index is 0.499. The van der Waals surface area contributed by atoms with Gasteiger partial charge in [0, 0.05) is 6.08 Å². The van der Waals surface area contributed by atoms with Gasteiger partial charge in [-0.05, 0) is 42.4 Å². The second kappa shape index (κ2) is 12.4. The van der Waals surface area contributed by atoms with Gasteiger partial charge in [0.05, 0.1) is 11.6 Å². The largest absolute Gasteiger partial charge is 0.193 e. The highest BCUT2D eigenvalue weighted by Gasteiger charge is 2.09. The maximum absolute atomic E-state index is 9.41. The van der Waals surface area contributed by atoms with E-state index in [0.717, 1.165) is 24.8 Å². The Labute approximate surface area is 147 Å². The lowest BCUT2D eigenvalue weighted by molar-refractivity contribution is 0.663. The fraction of sp³-hybridized carbons (Fsp3) is 0.545. The van der Waals surface area contributed by atoms with Crippen LogP contribution in [0.15, 0.2) is 24.3 Å². The molecule has 2 heteroatoms. The summed E-state index contributed by atoms with van der Waals surface area (Å²) in [7, 11) is 0. The maximum atomic E-state index is 9.41. The van der Waals surface area contributed by atoms with Crippen molar-refractivity contribution in [2.45, 2.75) is 78.1 Å². The van der Waals surface area contributed by atoms with E-state index in [-0.39, 0.29) is 0 Å². The number of nitrogens with zero attached hydrogens (tertiary/aromatic N) is 2. The van der Waals surface area contributed by atoms with Gasteiger partial charge in [0.1, 0.15) is 6.07 Å². The summed E-state index contributed by atoms with van der Waals surface area (Å²) >= 11 is 0. The van der Waals surface area contributed by atoms with E-state index < -0.39 is 0 Å². The van der Waals surface area contributed by atoms with Crippen molar-refractivity contribution in [2.24, 2.45) is 0 Å². The summed E-state index contributed by atoms with van der Waals surface area (Å²) in [6.07, 6.45) is 13.2. The van der Waals surface area contributed by atoms with Gasteiger partial charge in [-0.1, -0.05) is 70.6 Å². The van der Waals surface area contributed by atoms with E-state index in [2.05, 4.69) is 38.1 Å². The number of hydrogen-bond acceptors (Lipinski definition) is 2. The third-order valence-corrected chi connectivity index (χ3v) is 4.41. The van der Waals surface area contributed by atoms with Crippen molar-refractivity contribution in [3.8, 4) is 12.1 Å². The average molecular weight is 322 g/mol. The molecule has 0 radical (unpaired) electrons. The highest BCUT2D eigenvalue weighted by molar-refractivity contribution is 5.80. The van der Waals surface area contributed by atoms with E-state index in [4.69, 9.17) is 5.26 Å². The molecule has 0 spiro atoms. The zero-order valence-electron chi connectivity index (χ0n) is 15.3. The summed E-state index contributed by atoms with van der Waals surface area (Å²) in [5.74, 6) is 0. The number of nitriles is 2. The van der Waals surface area contributed by atoms with Crippen LogP contribution in [0.5, 0.6) is 0 Å². The Hall–Kier alpha value is -2.06. The van der Waals surface area contributed by atoms with E-state index in [9.17, 15) is 5.26 Å². The molecule has 0 aliphatic carbocycles. The molecular weight excluding hydrogens is 292 g/mol. The van der Waals surface area contributed by atoms with Gasteiger partial charge in [-0.2, -0.15) is 10.5 Å². The van der Waals surface area contributed by atoms with E-state index in [1.165, 1.54) is 62.1 Å². The van der Waals surface area contributed by atoms with Gasteiger partial charge in [0.25, 0.3) is 0 Å². The van der Waals surface area contributed by atoms with Crippen LogP contribution in [0.2, 0.25) is 0 Å². The molecule has 0 heterocycles. The molecule has 0 fully saturated rings. The number of unbranched alkanes of at least 4 members (excludes halogenated alkanes) is 6. The normalized spacial score (nSPS) is 11.1. The molecule has 0 aromatic heterocycles. The number of allylic oxidation sites excluding steroid dienone is 2. The molecule has 0 unspecified atom stereocenters. The standard InChI is InChI=1S/C22H30N2/c1-3-5-7-9-11-19-13-14-20(12-10-8-6-4-2)22(17-19)21(18-24)15-16-23/h13-15,17H,3-12H2,1-2H3. The summed E-state index contributed by atoms with van der Waals surface area (Å²) < 4.78 is 0. The smallest absolute Gasteiger partial charge is 0.101 e. The number of aryl methyl sites for hydroxylation is 2. The molecule has 2 nitrogen and oxygen atoms in total. The van der Waals surface area contributed by atoms with Crippen LogP contribution in [0.4, 0.5) is 0 Å². The first kappa shape index (κ1) is 20.0. The average Bonchev–Trinajstić information content (AvgIpc) is 2.61. The van der Waals surface area contributed by atoms with Crippen molar-refractivity contribution in [2.75, 3.05) is 0 Å². The molecule has 0 aliphatic rings. The van der Waals surface area contributed by atoms with Gasteiger partial charge in [0.2, 0.25) is 0 Å². The van der Waals surface area contributed by atoms with E-state index in [1.54, 1.807) is 0 Å². The van der Waals surface area contributed by atoms with Crippen LogP contribution >= 0.6 is 0 Å². The summed E-state index contributed by atoms with van der Waals surface area (Å²) in [6.45, 7) is 4.43. The van der Waals surface area contributed by atoms with Gasteiger partial charge >= 0.3 is 0 Å². The molecule has 0 aliphatic heterocycles. The van der Waals surface area contributed by atoms with Crippen LogP contribution in [-0.4, -0.2) is 0 Å². The first-order valence-corrected chi connectivity index (χ1v) is 9.38. The fourth-order valence-electron chi connectivity index (χ4n) is 2.98. The molecule has 0 atom stereocenters. The summed E-state index contributed by atoms with van der Waals surface area (Å²) in [5, 5.41) is 18.4. The first-order chi connectivity index (χ1) is 11.8. The molecule has 0 N–H and O–H groups in total. The number of rotatable bonds is 11. The van der Waals surface area contributed by atoms with Crippen LogP contribution in [-0.2, 0) is 12.8 Å². The molecule has 0 amide bonds. The SMILES string of the molecule is CCCCCCc1ccc(CCCCCC)c(C(C#N)=CC#N)c1. The molecule has 1 rings (SSSR count). The van der Waals surface area contributed by atoms with Crippen molar-refractivity contribution in [1.82, 2.24) is 0 Å². The van der Waals surface area contributed by atoms with Crippen LogP contribution in [0.25, 0.3) is 5.57 Å². The third kappa shape index (κ3) is 7.01. The van der Waals surface area contributed by atoms with Gasteiger partial charge in [-0.25, -0.2) is 0 Å². The second-order valence-electron chi connectivity index (χ2n) is 6.41. The molecule has 128 valence electrons. The zero-order chi connectivity index (χ0) is 17.6. The molecule has 0 bridgehead atoms. The Balaban J connectivity index is 2.91. The topological polar surface area (TPSA) is 47.6 Å². The van der Waals surface area contributed by atoms with E-state index >= 15 is 0 Å². The predicted octanol–water partition coefficient (Wildman–Crippen LogP) is 6.36. The Bertz CT molecular complexity index is 599. The highest BCUT2D eigenvalue weighted by atomic mass is 14.3. The fourth-order valence-corrected chi connectivity index (χ4v) is 2.98. The van der Waals surface area contributed by atoms with Crippen LogP contribution in [0.3, 0.4) is 0 Å². The summed E-state index contributed by atoms with van der Waals surface area (Å²) in [5.41, 5.74) is 3.94. The molecule has 0 saturated heterocycles. The Morgan fingerprint density at radius 2 is 1.58 bits per heavy atom. The monoisotopic (exact) mass is 322 g/mol. The maximum Gasteiger partial charge on any atom is 0.101 e. The molecule has 1 aromatic carbocycles. The van der Waals surface area contributed by atoms with Crippen molar-refractivity contribution in [1.29, 1.82) is 10.5 Å². The summed E-state index contributed by atoms with van der Waals surface area (Å²) in [4.78, 5) is 0. The van der Waals surface area contributed by atoms with Crippen molar-refractivity contribution in [3.63, 3.8) is 0 Å². The van der Waals surface area contributed by atoms with Crippen LogP contribution in [0.1, 0.15) is 81.9 Å². The molecule has 24 heavy (non-hydrogen) atoms. The number of hydrogen-bond donors (Lipinski definition) is 0. The van der Waals surface area contributed by atoms with Gasteiger partial charge in [-0.15, -0.1) is 0 Å². The van der Waals surface area contributed by atoms with E-state index in [0.29, 0.717) is 5.57 Å². The van der Waals surface area contributed by atoms with E-state index in [1.807, 2.05) is 6.07 Å². The number of benzene rings is 1. The van der Waals surface area contributed by atoms with Gasteiger partial charge < -0.3 is 0 Å². The lowest BCUT2D eigenvalue weighted by Crippen LogP contribution is -1.97. The highest BCUT2D eigenvalue weighted by Crippen LogP contribution is 2.24. The van der Waals surface area contributed by atoms with Crippen LogP contribution in [0, 0.1) is 22.7 Å². The molecule has 0 saturated carbocycles. The predicted molar refractivity (Wildman–Crippen MR) is 101 cm³/mol. The lowest BCUT2D eigenvalue weighted by Gasteiger charge is -2.11. The Morgan fingerprint density at radius 1 is 0.917 bits per heavy atom. The minimum atomic E-state index is 0.499. The zero-order valence-corrected chi connectivity index (χ0v) is 15.3. The Kier molecular flexibility index (Phi) is 10.3. The quantitative estimate of drug-likeness (QED) is 0.351. The van der Waals surface area contributed by atoms with Crippen LogP contribution < -0.4 is 0 Å². The first-order valence-electron chi connectivity index (χ1n) is 9.38. The summed E-state index contributed by atoms with van der Waals surface area (Å²) in [6, 6.07) is 10.7.